The van der Waals surface area contributed by atoms with Gasteiger partial charge in [0.2, 0.25) is 5.91 Å². The lowest BCUT2D eigenvalue weighted by molar-refractivity contribution is -0.168. The zero-order chi connectivity index (χ0) is 14.3. The molecule has 7 heteroatoms. The van der Waals surface area contributed by atoms with Crippen LogP contribution in [0.4, 0.5) is 0 Å². The van der Waals surface area contributed by atoms with Gasteiger partial charge in [-0.25, -0.2) is 4.79 Å². The van der Waals surface area contributed by atoms with E-state index in [1.807, 2.05) is 0 Å². The molecule has 1 amide bonds. The van der Waals surface area contributed by atoms with Gasteiger partial charge in [-0.15, -0.1) is 0 Å². The van der Waals surface area contributed by atoms with Crippen molar-refractivity contribution in [3.63, 3.8) is 0 Å². The second-order valence-electron chi connectivity index (χ2n) is 3.95. The van der Waals surface area contributed by atoms with E-state index in [-0.39, 0.29) is 25.0 Å². The third-order valence-electron chi connectivity index (χ3n) is 2.22. The number of hydrogen-bond acceptors (Lipinski definition) is 5. The van der Waals surface area contributed by atoms with Crippen LogP contribution in [0.3, 0.4) is 0 Å². The van der Waals surface area contributed by atoms with Gasteiger partial charge in [-0.3, -0.25) is 9.59 Å². The number of carboxylic acids is 1. The van der Waals surface area contributed by atoms with Crippen molar-refractivity contribution >= 4 is 23.6 Å². The number of ketones is 1. The van der Waals surface area contributed by atoms with Crippen molar-refractivity contribution in [3.05, 3.63) is 0 Å². The van der Waals surface area contributed by atoms with Crippen LogP contribution < -0.4 is 5.73 Å². The molecule has 102 valence electrons. The lowest BCUT2D eigenvalue weighted by Gasteiger charge is -2.16. The first kappa shape index (κ1) is 16.1. The first-order valence-electron chi connectivity index (χ1n) is 5.48. The molecule has 0 bridgehead atoms. The molecule has 0 aliphatic carbocycles. The molecule has 0 saturated heterocycles. The number of Topliss-reactive ketones (excluding diaryl/α,β-unsaturated/α-hetero) is 1. The summed E-state index contributed by atoms with van der Waals surface area (Å²) in [6, 6.07) is 0. The highest BCUT2D eigenvalue weighted by Gasteiger charge is 2.28. The summed E-state index contributed by atoms with van der Waals surface area (Å²) < 4.78 is 4.73. The molecular formula is C11H17NO6. The number of carbonyl (C=O) groups is 4. The standard InChI is InChI=1S/C11H17NO6/c1-3-8(10(15)16)18-11(17)7(4-6(2)13)5-9(12)14/h7-8H,3-5H2,1-2H3,(H2,12,14)(H,15,16). The van der Waals surface area contributed by atoms with E-state index >= 15 is 0 Å². The highest BCUT2D eigenvalue weighted by Crippen LogP contribution is 2.14. The molecule has 0 saturated carbocycles. The molecule has 0 aliphatic heterocycles. The van der Waals surface area contributed by atoms with E-state index in [2.05, 4.69) is 0 Å². The summed E-state index contributed by atoms with van der Waals surface area (Å²) in [6.45, 7) is 2.80. The summed E-state index contributed by atoms with van der Waals surface area (Å²) >= 11 is 0. The summed E-state index contributed by atoms with van der Waals surface area (Å²) in [6.07, 6.45) is -1.71. The van der Waals surface area contributed by atoms with Gasteiger partial charge in [0, 0.05) is 12.8 Å². The third kappa shape index (κ3) is 5.97. The minimum Gasteiger partial charge on any atom is -0.479 e. The first-order chi connectivity index (χ1) is 8.27. The second kappa shape index (κ2) is 7.41. The number of amides is 1. The van der Waals surface area contributed by atoms with Gasteiger partial charge in [0.1, 0.15) is 5.78 Å². The zero-order valence-corrected chi connectivity index (χ0v) is 10.3. The van der Waals surface area contributed by atoms with Crippen molar-refractivity contribution in [1.82, 2.24) is 0 Å². The predicted molar refractivity (Wildman–Crippen MR) is 60.4 cm³/mol. The Morgan fingerprint density at radius 1 is 1.22 bits per heavy atom. The highest BCUT2D eigenvalue weighted by atomic mass is 16.6. The van der Waals surface area contributed by atoms with Gasteiger partial charge in [0.05, 0.1) is 5.92 Å². The van der Waals surface area contributed by atoms with Crippen LogP contribution in [0.25, 0.3) is 0 Å². The number of aliphatic carboxylic acids is 1. The lowest BCUT2D eigenvalue weighted by atomic mass is 9.99. The van der Waals surface area contributed by atoms with Crippen molar-refractivity contribution in [2.45, 2.75) is 39.2 Å². The Morgan fingerprint density at radius 3 is 2.11 bits per heavy atom. The Balaban J connectivity index is 4.68. The van der Waals surface area contributed by atoms with Crippen LogP contribution in [0, 0.1) is 5.92 Å². The van der Waals surface area contributed by atoms with Gasteiger partial charge in [-0.1, -0.05) is 6.92 Å². The van der Waals surface area contributed by atoms with Gasteiger partial charge in [0.25, 0.3) is 0 Å². The van der Waals surface area contributed by atoms with Gasteiger partial charge >= 0.3 is 11.9 Å². The Morgan fingerprint density at radius 2 is 1.78 bits per heavy atom. The van der Waals surface area contributed by atoms with E-state index in [0.717, 1.165) is 0 Å². The maximum absolute atomic E-state index is 11.6. The molecule has 0 aliphatic rings. The van der Waals surface area contributed by atoms with Crippen LogP contribution >= 0.6 is 0 Å². The number of primary amides is 1. The highest BCUT2D eigenvalue weighted by molar-refractivity contribution is 5.88. The molecule has 0 radical (unpaired) electrons. The molecule has 0 aromatic rings. The van der Waals surface area contributed by atoms with E-state index in [0.29, 0.717) is 0 Å². The van der Waals surface area contributed by atoms with Crippen LogP contribution in [-0.4, -0.2) is 34.8 Å². The molecule has 18 heavy (non-hydrogen) atoms. The van der Waals surface area contributed by atoms with E-state index in [4.69, 9.17) is 15.6 Å². The summed E-state index contributed by atoms with van der Waals surface area (Å²) in [5.74, 6) is -4.23. The molecule has 0 spiro atoms. The van der Waals surface area contributed by atoms with E-state index in [1.54, 1.807) is 6.92 Å². The number of ether oxygens (including phenoxy) is 1. The Kier molecular flexibility index (Phi) is 6.62. The zero-order valence-electron chi connectivity index (χ0n) is 10.3. The molecule has 2 unspecified atom stereocenters. The topological polar surface area (TPSA) is 124 Å². The van der Waals surface area contributed by atoms with Crippen LogP contribution in [0.15, 0.2) is 0 Å². The molecule has 0 heterocycles. The van der Waals surface area contributed by atoms with Crippen molar-refractivity contribution in [2.24, 2.45) is 11.7 Å². The smallest absolute Gasteiger partial charge is 0.345 e. The maximum atomic E-state index is 11.6. The van der Waals surface area contributed by atoms with Crippen molar-refractivity contribution in [1.29, 1.82) is 0 Å². The van der Waals surface area contributed by atoms with Crippen LogP contribution in [0.5, 0.6) is 0 Å². The molecule has 0 aromatic carbocycles. The minimum absolute atomic E-state index is 0.102. The number of carbonyl (C=O) groups excluding carboxylic acids is 3. The average molecular weight is 259 g/mol. The van der Waals surface area contributed by atoms with Crippen molar-refractivity contribution < 1.29 is 29.0 Å². The summed E-state index contributed by atoms with van der Waals surface area (Å²) in [5, 5.41) is 8.73. The fourth-order valence-corrected chi connectivity index (χ4v) is 1.37. The second-order valence-corrected chi connectivity index (χ2v) is 3.95. The molecule has 0 aromatic heterocycles. The fraction of sp³-hybridized carbons (Fsp3) is 0.636. The Hall–Kier alpha value is -1.92. The van der Waals surface area contributed by atoms with Crippen molar-refractivity contribution in [3.8, 4) is 0 Å². The largest absolute Gasteiger partial charge is 0.479 e. The minimum atomic E-state index is -1.28. The van der Waals surface area contributed by atoms with Gasteiger partial charge in [0.15, 0.2) is 6.10 Å². The Bertz CT molecular complexity index is 335. The van der Waals surface area contributed by atoms with E-state index in [9.17, 15) is 19.2 Å². The van der Waals surface area contributed by atoms with Gasteiger partial charge in [-0.2, -0.15) is 0 Å². The molecule has 0 rings (SSSR count). The molecule has 3 N–H and O–H groups in total. The normalized spacial score (nSPS) is 13.4. The number of esters is 1. The maximum Gasteiger partial charge on any atom is 0.345 e. The van der Waals surface area contributed by atoms with Gasteiger partial charge < -0.3 is 20.4 Å². The van der Waals surface area contributed by atoms with Crippen molar-refractivity contribution in [2.75, 3.05) is 0 Å². The number of carboxylic acid groups (broad SMARTS) is 1. The third-order valence-corrected chi connectivity index (χ3v) is 2.22. The SMILES string of the molecule is CCC(OC(=O)C(CC(C)=O)CC(N)=O)C(=O)O. The van der Waals surface area contributed by atoms with Crippen LogP contribution in [0.1, 0.15) is 33.1 Å². The summed E-state index contributed by atoms with van der Waals surface area (Å²) in [7, 11) is 0. The number of hydrogen-bond donors (Lipinski definition) is 2. The monoisotopic (exact) mass is 259 g/mol. The van der Waals surface area contributed by atoms with Crippen LogP contribution in [0.2, 0.25) is 0 Å². The Labute approximate surface area is 104 Å². The molecule has 7 nitrogen and oxygen atoms in total. The first-order valence-corrected chi connectivity index (χ1v) is 5.48. The van der Waals surface area contributed by atoms with Crippen LogP contribution in [-0.2, 0) is 23.9 Å². The van der Waals surface area contributed by atoms with E-state index in [1.165, 1.54) is 6.92 Å². The average Bonchev–Trinajstić information content (AvgIpc) is 2.22. The summed E-state index contributed by atoms with van der Waals surface area (Å²) in [4.78, 5) is 44.1. The molecule has 0 fully saturated rings. The molecular weight excluding hydrogens is 242 g/mol. The number of nitrogens with two attached hydrogens (primary N) is 1. The summed E-state index contributed by atoms with van der Waals surface area (Å²) in [5.41, 5.74) is 4.96. The fourth-order valence-electron chi connectivity index (χ4n) is 1.37. The predicted octanol–water partition coefficient (Wildman–Crippen LogP) is -0.136. The quantitative estimate of drug-likeness (QED) is 0.585. The number of rotatable bonds is 8. The lowest BCUT2D eigenvalue weighted by Crippen LogP contribution is -2.32. The van der Waals surface area contributed by atoms with Gasteiger partial charge in [-0.05, 0) is 13.3 Å². The van der Waals surface area contributed by atoms with E-state index < -0.39 is 29.9 Å². The molecule has 2 atom stereocenters.